The van der Waals surface area contributed by atoms with Crippen LogP contribution in [0.3, 0.4) is 0 Å². The van der Waals surface area contributed by atoms with Crippen LogP contribution in [0.5, 0.6) is 0 Å². The second-order valence-corrected chi connectivity index (χ2v) is 7.19. The lowest BCUT2D eigenvalue weighted by Gasteiger charge is -2.17. The smallest absolute Gasteiger partial charge is 0.305 e. The van der Waals surface area contributed by atoms with E-state index in [1.165, 1.54) is 7.11 Å². The van der Waals surface area contributed by atoms with E-state index in [0.29, 0.717) is 24.3 Å². The van der Waals surface area contributed by atoms with E-state index in [-0.39, 0.29) is 17.9 Å². The Hall–Kier alpha value is -2.63. The van der Waals surface area contributed by atoms with Gasteiger partial charge in [0.2, 0.25) is 0 Å². The number of benzene rings is 1. The van der Waals surface area contributed by atoms with Crippen LogP contribution >= 0.6 is 0 Å². The van der Waals surface area contributed by atoms with Crippen LogP contribution in [0.4, 0.5) is 0 Å². The Morgan fingerprint density at radius 1 is 1.15 bits per heavy atom. The van der Waals surface area contributed by atoms with Gasteiger partial charge in [0, 0.05) is 23.7 Å². The number of carbonyl (C=O) groups excluding carboxylic acids is 2. The number of ether oxygens (including phenoxy) is 1. The molecule has 2 rings (SSSR count). The summed E-state index contributed by atoms with van der Waals surface area (Å²) >= 11 is 0. The van der Waals surface area contributed by atoms with E-state index >= 15 is 0 Å². The molecule has 2 aromatic rings. The molecule has 1 unspecified atom stereocenters. The van der Waals surface area contributed by atoms with E-state index < -0.39 is 0 Å². The molecule has 0 aliphatic carbocycles. The molecule has 0 aliphatic rings. The molecule has 146 valence electrons. The van der Waals surface area contributed by atoms with Gasteiger partial charge in [-0.2, -0.15) is 5.10 Å². The van der Waals surface area contributed by atoms with Gasteiger partial charge in [-0.05, 0) is 62.9 Å². The Labute approximate surface area is 160 Å². The van der Waals surface area contributed by atoms with Gasteiger partial charge in [0.15, 0.2) is 0 Å². The molecule has 0 saturated heterocycles. The molecule has 0 spiro atoms. The standard InChI is InChI=1S/C21H29N3O3/c1-13(2)14(3)22-21(26)17-7-9-18(10-8-17)24-16(5)19(15(4)23-24)11-12-20(25)27-6/h7-10,13-14H,11-12H2,1-6H3,(H,22,26). The Kier molecular flexibility index (Phi) is 6.77. The van der Waals surface area contributed by atoms with Crippen LogP contribution in [-0.2, 0) is 16.0 Å². The summed E-state index contributed by atoms with van der Waals surface area (Å²) in [6.07, 6.45) is 0.926. The number of aryl methyl sites for hydroxylation is 1. The normalized spacial score (nSPS) is 12.1. The van der Waals surface area contributed by atoms with Crippen molar-refractivity contribution in [2.45, 2.75) is 53.5 Å². The molecule has 1 heterocycles. The number of hydrogen-bond acceptors (Lipinski definition) is 4. The summed E-state index contributed by atoms with van der Waals surface area (Å²) < 4.78 is 6.56. The number of hydrogen-bond donors (Lipinski definition) is 1. The van der Waals surface area contributed by atoms with Crippen molar-refractivity contribution in [1.82, 2.24) is 15.1 Å². The fourth-order valence-electron chi connectivity index (χ4n) is 2.83. The molecule has 1 amide bonds. The summed E-state index contributed by atoms with van der Waals surface area (Å²) in [4.78, 5) is 23.7. The highest BCUT2D eigenvalue weighted by Crippen LogP contribution is 2.20. The molecule has 1 N–H and O–H groups in total. The molecular weight excluding hydrogens is 342 g/mol. The lowest BCUT2D eigenvalue weighted by atomic mass is 10.1. The number of nitrogens with one attached hydrogen (secondary N) is 1. The van der Waals surface area contributed by atoms with Crippen molar-refractivity contribution in [2.24, 2.45) is 5.92 Å². The molecule has 0 bridgehead atoms. The van der Waals surface area contributed by atoms with Crippen molar-refractivity contribution in [3.8, 4) is 5.69 Å². The molecule has 0 fully saturated rings. The third-order valence-corrected chi connectivity index (χ3v) is 4.98. The zero-order valence-electron chi connectivity index (χ0n) is 17.0. The van der Waals surface area contributed by atoms with Gasteiger partial charge >= 0.3 is 5.97 Å². The minimum absolute atomic E-state index is 0.0742. The molecule has 0 saturated carbocycles. The number of carbonyl (C=O) groups is 2. The van der Waals surface area contributed by atoms with E-state index in [9.17, 15) is 9.59 Å². The fraction of sp³-hybridized carbons (Fsp3) is 0.476. The first-order valence-electron chi connectivity index (χ1n) is 9.27. The molecular formula is C21H29N3O3. The summed E-state index contributed by atoms with van der Waals surface area (Å²) in [5.41, 5.74) is 4.44. The number of rotatable bonds is 7. The van der Waals surface area contributed by atoms with Crippen molar-refractivity contribution in [2.75, 3.05) is 7.11 Å². The fourth-order valence-corrected chi connectivity index (χ4v) is 2.83. The molecule has 1 atom stereocenters. The molecule has 27 heavy (non-hydrogen) atoms. The second kappa shape index (κ2) is 8.84. The van der Waals surface area contributed by atoms with Gasteiger partial charge in [-0.15, -0.1) is 0 Å². The third kappa shape index (κ3) is 4.96. The summed E-state index contributed by atoms with van der Waals surface area (Å²) in [7, 11) is 1.39. The van der Waals surface area contributed by atoms with Crippen molar-refractivity contribution in [3.05, 3.63) is 46.8 Å². The topological polar surface area (TPSA) is 73.2 Å². The first-order valence-corrected chi connectivity index (χ1v) is 9.27. The number of amides is 1. The van der Waals surface area contributed by atoms with E-state index in [2.05, 4.69) is 24.3 Å². The van der Waals surface area contributed by atoms with Gasteiger partial charge in [0.25, 0.3) is 5.91 Å². The maximum Gasteiger partial charge on any atom is 0.305 e. The van der Waals surface area contributed by atoms with E-state index in [4.69, 9.17) is 4.74 Å². The summed E-state index contributed by atoms with van der Waals surface area (Å²) in [6, 6.07) is 7.51. The number of methoxy groups -OCH3 is 1. The van der Waals surface area contributed by atoms with Crippen LogP contribution in [0.25, 0.3) is 5.69 Å². The van der Waals surface area contributed by atoms with E-state index in [0.717, 1.165) is 22.6 Å². The van der Waals surface area contributed by atoms with Crippen LogP contribution in [0.1, 0.15) is 54.5 Å². The maximum absolute atomic E-state index is 12.3. The lowest BCUT2D eigenvalue weighted by Crippen LogP contribution is -2.36. The lowest BCUT2D eigenvalue weighted by molar-refractivity contribution is -0.140. The average molecular weight is 371 g/mol. The van der Waals surface area contributed by atoms with E-state index in [1.54, 1.807) is 0 Å². The van der Waals surface area contributed by atoms with Crippen LogP contribution in [0.15, 0.2) is 24.3 Å². The van der Waals surface area contributed by atoms with Gasteiger partial charge < -0.3 is 10.1 Å². The molecule has 0 aliphatic heterocycles. The maximum atomic E-state index is 12.3. The Morgan fingerprint density at radius 2 is 1.78 bits per heavy atom. The Bertz CT molecular complexity index is 807. The van der Waals surface area contributed by atoms with Crippen LogP contribution < -0.4 is 5.32 Å². The molecule has 1 aromatic heterocycles. The van der Waals surface area contributed by atoms with Crippen molar-refractivity contribution in [3.63, 3.8) is 0 Å². The Balaban J connectivity index is 2.17. The minimum Gasteiger partial charge on any atom is -0.469 e. The quantitative estimate of drug-likeness (QED) is 0.758. The average Bonchev–Trinajstić information content (AvgIpc) is 2.93. The highest BCUT2D eigenvalue weighted by atomic mass is 16.5. The zero-order valence-corrected chi connectivity index (χ0v) is 17.0. The largest absolute Gasteiger partial charge is 0.469 e. The van der Waals surface area contributed by atoms with Crippen LogP contribution in [0, 0.1) is 19.8 Å². The SMILES string of the molecule is COC(=O)CCc1c(C)nn(-c2ccc(C(=O)NC(C)C(C)C)cc2)c1C. The van der Waals surface area contributed by atoms with Gasteiger partial charge in [-0.3, -0.25) is 9.59 Å². The Morgan fingerprint density at radius 3 is 2.33 bits per heavy atom. The first kappa shape index (κ1) is 20.7. The second-order valence-electron chi connectivity index (χ2n) is 7.19. The predicted octanol–water partition coefficient (Wildman–Crippen LogP) is 3.37. The van der Waals surface area contributed by atoms with Gasteiger partial charge in [0.1, 0.15) is 0 Å². The van der Waals surface area contributed by atoms with Crippen molar-refractivity contribution < 1.29 is 14.3 Å². The highest BCUT2D eigenvalue weighted by Gasteiger charge is 2.16. The first-order chi connectivity index (χ1) is 12.7. The predicted molar refractivity (Wildman–Crippen MR) is 105 cm³/mol. The number of esters is 1. The number of nitrogens with zero attached hydrogens (tertiary/aromatic N) is 2. The molecule has 6 heteroatoms. The molecule has 6 nitrogen and oxygen atoms in total. The zero-order chi connectivity index (χ0) is 20.1. The summed E-state index contributed by atoms with van der Waals surface area (Å²) in [5, 5.41) is 7.60. The van der Waals surface area contributed by atoms with Crippen LogP contribution in [0.2, 0.25) is 0 Å². The number of aromatic nitrogens is 2. The van der Waals surface area contributed by atoms with Gasteiger partial charge in [0.05, 0.1) is 18.5 Å². The summed E-state index contributed by atoms with van der Waals surface area (Å²) in [5.74, 6) is 0.0776. The minimum atomic E-state index is -0.229. The van der Waals surface area contributed by atoms with Gasteiger partial charge in [-0.25, -0.2) is 4.68 Å². The van der Waals surface area contributed by atoms with Crippen molar-refractivity contribution in [1.29, 1.82) is 0 Å². The van der Waals surface area contributed by atoms with Crippen LogP contribution in [-0.4, -0.2) is 34.8 Å². The molecule has 1 aromatic carbocycles. The third-order valence-electron chi connectivity index (χ3n) is 4.98. The summed E-state index contributed by atoms with van der Waals surface area (Å²) in [6.45, 7) is 10.1. The van der Waals surface area contributed by atoms with E-state index in [1.807, 2.05) is 49.7 Å². The highest BCUT2D eigenvalue weighted by molar-refractivity contribution is 5.94. The monoisotopic (exact) mass is 371 g/mol. The van der Waals surface area contributed by atoms with Gasteiger partial charge in [-0.1, -0.05) is 13.8 Å². The molecule has 0 radical (unpaired) electrons. The van der Waals surface area contributed by atoms with Crippen molar-refractivity contribution >= 4 is 11.9 Å².